The van der Waals surface area contributed by atoms with Gasteiger partial charge in [0.05, 0.1) is 0 Å². The van der Waals surface area contributed by atoms with E-state index < -0.39 is 5.56 Å². The number of aromatic amines is 1. The molecule has 26 heavy (non-hydrogen) atoms. The number of hydrogen-bond acceptors (Lipinski definition) is 4. The first-order chi connectivity index (χ1) is 12.6. The number of pyridine rings is 1. The normalized spacial score (nSPS) is 10.5. The Morgan fingerprint density at radius 2 is 1.81 bits per heavy atom. The van der Waals surface area contributed by atoms with Gasteiger partial charge in [-0.05, 0) is 29.7 Å². The largest absolute Gasteiger partial charge is 0.337 e. The van der Waals surface area contributed by atoms with Crippen LogP contribution < -0.4 is 5.56 Å². The molecule has 1 amide bonds. The van der Waals surface area contributed by atoms with Gasteiger partial charge in [-0.3, -0.25) is 14.6 Å². The van der Waals surface area contributed by atoms with Crippen molar-refractivity contribution < 1.29 is 4.79 Å². The van der Waals surface area contributed by atoms with Crippen LogP contribution in [-0.2, 0) is 13.0 Å². The van der Waals surface area contributed by atoms with Crippen LogP contribution in [0.15, 0.2) is 59.7 Å². The third-order valence-corrected chi connectivity index (χ3v) is 4.13. The molecule has 0 radical (unpaired) electrons. The highest BCUT2D eigenvalue weighted by Gasteiger charge is 2.17. The predicted molar refractivity (Wildman–Crippen MR) is 99.7 cm³/mol. The Morgan fingerprint density at radius 3 is 2.42 bits per heavy atom. The van der Waals surface area contributed by atoms with Crippen LogP contribution in [0.3, 0.4) is 0 Å². The maximum absolute atomic E-state index is 12.6. The average Bonchev–Trinajstić information content (AvgIpc) is 2.68. The quantitative estimate of drug-likeness (QED) is 0.769. The average molecular weight is 348 g/mol. The number of H-pyrrole nitrogens is 1. The summed E-state index contributed by atoms with van der Waals surface area (Å²) in [6.45, 7) is 2.52. The molecule has 3 rings (SSSR count). The number of nitrogens with zero attached hydrogens (tertiary/aromatic N) is 3. The Morgan fingerprint density at radius 1 is 1.08 bits per heavy atom. The van der Waals surface area contributed by atoms with E-state index in [4.69, 9.17) is 0 Å². The van der Waals surface area contributed by atoms with E-state index in [1.165, 1.54) is 16.7 Å². The number of carbonyl (C=O) groups excluding carboxylic acids is 1. The van der Waals surface area contributed by atoms with E-state index in [0.717, 1.165) is 12.0 Å². The van der Waals surface area contributed by atoms with Crippen molar-refractivity contribution >= 4 is 5.91 Å². The Labute approximate surface area is 151 Å². The summed E-state index contributed by atoms with van der Waals surface area (Å²) in [7, 11) is 1.67. The number of aryl methyl sites for hydroxylation is 1. The smallest absolute Gasteiger partial charge is 0.264 e. The molecule has 2 aromatic heterocycles. The Bertz CT molecular complexity index is 950. The summed E-state index contributed by atoms with van der Waals surface area (Å²) in [4.78, 5) is 37.4. The van der Waals surface area contributed by atoms with Gasteiger partial charge in [-0.25, -0.2) is 4.98 Å². The van der Waals surface area contributed by atoms with Gasteiger partial charge in [-0.15, -0.1) is 0 Å². The molecular weight excluding hydrogens is 328 g/mol. The predicted octanol–water partition coefficient (Wildman–Crippen LogP) is 2.67. The molecule has 1 aromatic carbocycles. The van der Waals surface area contributed by atoms with Crippen molar-refractivity contribution in [2.24, 2.45) is 0 Å². The lowest BCUT2D eigenvalue weighted by Crippen LogP contribution is -2.31. The zero-order chi connectivity index (χ0) is 18.5. The van der Waals surface area contributed by atoms with Crippen molar-refractivity contribution in [1.82, 2.24) is 19.9 Å². The monoisotopic (exact) mass is 348 g/mol. The molecule has 132 valence electrons. The molecule has 0 atom stereocenters. The molecule has 2 heterocycles. The van der Waals surface area contributed by atoms with Crippen molar-refractivity contribution in [2.45, 2.75) is 19.9 Å². The van der Waals surface area contributed by atoms with E-state index in [2.05, 4.69) is 21.9 Å². The van der Waals surface area contributed by atoms with Crippen LogP contribution in [-0.4, -0.2) is 32.8 Å². The lowest BCUT2D eigenvalue weighted by atomic mass is 10.1. The molecule has 0 saturated carbocycles. The van der Waals surface area contributed by atoms with Crippen molar-refractivity contribution in [1.29, 1.82) is 0 Å². The zero-order valence-electron chi connectivity index (χ0n) is 14.8. The van der Waals surface area contributed by atoms with Gasteiger partial charge in [0.15, 0.2) is 5.82 Å². The maximum Gasteiger partial charge on any atom is 0.264 e. The van der Waals surface area contributed by atoms with E-state index in [0.29, 0.717) is 18.1 Å². The maximum atomic E-state index is 12.6. The first-order valence-corrected chi connectivity index (χ1v) is 8.42. The van der Waals surface area contributed by atoms with Gasteiger partial charge in [0.2, 0.25) is 0 Å². The summed E-state index contributed by atoms with van der Waals surface area (Å²) in [5, 5.41) is 0. The number of benzene rings is 1. The van der Waals surface area contributed by atoms with Crippen LogP contribution in [0.25, 0.3) is 11.5 Å². The van der Waals surface area contributed by atoms with Gasteiger partial charge < -0.3 is 9.88 Å². The fourth-order valence-corrected chi connectivity index (χ4v) is 2.61. The molecule has 6 heteroatoms. The van der Waals surface area contributed by atoms with Gasteiger partial charge in [-0.2, -0.15) is 0 Å². The summed E-state index contributed by atoms with van der Waals surface area (Å²) in [5.41, 5.74) is 2.34. The van der Waals surface area contributed by atoms with Crippen LogP contribution in [0.5, 0.6) is 0 Å². The van der Waals surface area contributed by atoms with Crippen molar-refractivity contribution in [3.05, 3.63) is 81.9 Å². The summed E-state index contributed by atoms with van der Waals surface area (Å²) in [6, 6.07) is 13.4. The molecule has 0 aliphatic rings. The van der Waals surface area contributed by atoms with Gasteiger partial charge in [0.25, 0.3) is 11.5 Å². The molecule has 6 nitrogen and oxygen atoms in total. The summed E-state index contributed by atoms with van der Waals surface area (Å²) >= 11 is 0. The second kappa shape index (κ2) is 7.74. The van der Waals surface area contributed by atoms with Gasteiger partial charge in [-0.1, -0.05) is 37.3 Å². The number of rotatable bonds is 5. The SMILES string of the molecule is CCc1ccc(CN(C)C(=O)c2cnc(-c3ccccn3)[nH]c2=O)cc1. The van der Waals surface area contributed by atoms with Crippen LogP contribution >= 0.6 is 0 Å². The number of aromatic nitrogens is 3. The first-order valence-electron chi connectivity index (χ1n) is 8.42. The lowest BCUT2D eigenvalue weighted by molar-refractivity contribution is 0.0783. The van der Waals surface area contributed by atoms with Gasteiger partial charge in [0, 0.05) is 26.0 Å². The molecule has 0 saturated heterocycles. The second-order valence-corrected chi connectivity index (χ2v) is 6.02. The van der Waals surface area contributed by atoms with E-state index in [-0.39, 0.29) is 11.5 Å². The fraction of sp³-hybridized carbons (Fsp3) is 0.200. The number of amides is 1. The van der Waals surface area contributed by atoms with Crippen molar-refractivity contribution in [3.8, 4) is 11.5 Å². The standard InChI is InChI=1S/C20H20N4O2/c1-3-14-7-9-15(10-8-14)13-24(2)20(26)16-12-22-18(23-19(16)25)17-6-4-5-11-21-17/h4-12H,3,13H2,1-2H3,(H,22,23,25). The number of nitrogens with one attached hydrogen (secondary N) is 1. The van der Waals surface area contributed by atoms with Gasteiger partial charge >= 0.3 is 0 Å². The second-order valence-electron chi connectivity index (χ2n) is 6.02. The van der Waals surface area contributed by atoms with E-state index in [9.17, 15) is 9.59 Å². The van der Waals surface area contributed by atoms with Crippen LogP contribution in [0, 0.1) is 0 Å². The van der Waals surface area contributed by atoms with Crippen LogP contribution in [0.1, 0.15) is 28.4 Å². The Hall–Kier alpha value is -3.28. The first kappa shape index (κ1) is 17.5. The number of carbonyl (C=O) groups is 1. The molecular formula is C20H20N4O2. The Kier molecular flexibility index (Phi) is 5.22. The highest BCUT2D eigenvalue weighted by atomic mass is 16.2. The molecule has 0 fully saturated rings. The van der Waals surface area contributed by atoms with Crippen LogP contribution in [0.4, 0.5) is 0 Å². The van der Waals surface area contributed by atoms with Crippen molar-refractivity contribution in [2.75, 3.05) is 7.05 Å². The summed E-state index contributed by atoms with van der Waals surface area (Å²) < 4.78 is 0. The molecule has 0 spiro atoms. The highest BCUT2D eigenvalue weighted by molar-refractivity contribution is 5.93. The zero-order valence-corrected chi connectivity index (χ0v) is 14.8. The molecule has 1 N–H and O–H groups in total. The summed E-state index contributed by atoms with van der Waals surface area (Å²) in [5.74, 6) is -0.0316. The molecule has 0 aliphatic heterocycles. The molecule has 3 aromatic rings. The topological polar surface area (TPSA) is 79.0 Å². The molecule has 0 aliphatic carbocycles. The fourth-order valence-electron chi connectivity index (χ4n) is 2.61. The minimum Gasteiger partial charge on any atom is -0.337 e. The number of hydrogen-bond donors (Lipinski definition) is 1. The van der Waals surface area contributed by atoms with Crippen molar-refractivity contribution in [3.63, 3.8) is 0 Å². The molecule has 0 unspecified atom stereocenters. The highest BCUT2D eigenvalue weighted by Crippen LogP contribution is 2.11. The minimum absolute atomic E-state index is 0.0114. The van der Waals surface area contributed by atoms with Gasteiger partial charge in [0.1, 0.15) is 11.3 Å². The summed E-state index contributed by atoms with van der Waals surface area (Å²) in [6.07, 6.45) is 3.90. The van der Waals surface area contributed by atoms with E-state index >= 15 is 0 Å². The van der Waals surface area contributed by atoms with E-state index in [1.807, 2.05) is 24.3 Å². The van der Waals surface area contributed by atoms with Crippen LogP contribution in [0.2, 0.25) is 0 Å². The third-order valence-electron chi connectivity index (χ3n) is 4.13. The van der Waals surface area contributed by atoms with E-state index in [1.54, 1.807) is 31.4 Å². The molecule has 0 bridgehead atoms. The third kappa shape index (κ3) is 3.85. The Balaban J connectivity index is 1.77. The minimum atomic E-state index is -0.473. The lowest BCUT2D eigenvalue weighted by Gasteiger charge is -2.17.